The Morgan fingerprint density at radius 2 is 2.04 bits per heavy atom. The Morgan fingerprint density at radius 1 is 1.31 bits per heavy atom. The van der Waals surface area contributed by atoms with Crippen LogP contribution in [0.1, 0.15) is 12.1 Å². The van der Waals surface area contributed by atoms with Crippen molar-refractivity contribution in [3.63, 3.8) is 0 Å². The molecule has 140 valence electrons. The lowest BCUT2D eigenvalue weighted by Gasteiger charge is -2.14. The molecule has 1 aromatic carbocycles. The number of hydrogen-bond donors (Lipinski definition) is 2. The van der Waals surface area contributed by atoms with E-state index in [0.29, 0.717) is 5.65 Å². The summed E-state index contributed by atoms with van der Waals surface area (Å²) in [4.78, 5) is 17.9. The first-order chi connectivity index (χ1) is 12.0. The maximum atomic E-state index is 11.1. The summed E-state index contributed by atoms with van der Waals surface area (Å²) >= 11 is 0. The van der Waals surface area contributed by atoms with Crippen molar-refractivity contribution >= 4 is 46.0 Å². The van der Waals surface area contributed by atoms with Crippen molar-refractivity contribution in [2.75, 3.05) is 32.5 Å². The van der Waals surface area contributed by atoms with Crippen LogP contribution in [0.15, 0.2) is 24.3 Å². The summed E-state index contributed by atoms with van der Waals surface area (Å²) in [5, 5.41) is 19.0. The Bertz CT molecular complexity index is 923. The number of aromatic nitrogens is 3. The number of nitrogens with zero attached hydrogens (tertiary/aromatic N) is 4. The van der Waals surface area contributed by atoms with E-state index in [1.54, 1.807) is 0 Å². The highest BCUT2D eigenvalue weighted by Crippen LogP contribution is 2.32. The number of nitrogens with one attached hydrogen (secondary N) is 1. The molecule has 2 aromatic heterocycles. The SMILES string of the molecule is Cc1nn(CC(=O)O)c2nc3ccccc3c(NCCCN(C)C)c12.Cl. The summed E-state index contributed by atoms with van der Waals surface area (Å²) in [5.74, 6) is -0.931. The Balaban J connectivity index is 0.00000243. The highest BCUT2D eigenvalue weighted by Gasteiger charge is 2.17. The molecule has 2 heterocycles. The Morgan fingerprint density at radius 3 is 2.73 bits per heavy atom. The van der Waals surface area contributed by atoms with E-state index in [1.165, 1.54) is 4.68 Å². The van der Waals surface area contributed by atoms with Crippen LogP contribution >= 0.6 is 12.4 Å². The third kappa shape index (κ3) is 4.05. The molecule has 0 fully saturated rings. The fourth-order valence-electron chi connectivity index (χ4n) is 3.04. The third-order valence-electron chi connectivity index (χ3n) is 4.12. The molecule has 0 aliphatic rings. The van der Waals surface area contributed by atoms with Crippen LogP contribution in [0.3, 0.4) is 0 Å². The number of benzene rings is 1. The second-order valence-electron chi connectivity index (χ2n) is 6.42. The van der Waals surface area contributed by atoms with Crippen molar-refractivity contribution in [2.24, 2.45) is 0 Å². The predicted molar refractivity (Wildman–Crippen MR) is 106 cm³/mol. The molecule has 0 spiro atoms. The van der Waals surface area contributed by atoms with Crippen molar-refractivity contribution in [2.45, 2.75) is 19.9 Å². The average molecular weight is 378 g/mol. The standard InChI is InChI=1S/C18H23N5O2.ClH/c1-12-16-17(19-9-6-10-22(2)3)13-7-4-5-8-14(13)20-18(16)23(21-12)11-15(24)25;/h4-5,7-8H,6,9-11H2,1-3H3,(H,19,20)(H,24,25);1H. The van der Waals surface area contributed by atoms with Crippen LogP contribution in [0.2, 0.25) is 0 Å². The number of para-hydroxylation sites is 1. The van der Waals surface area contributed by atoms with Gasteiger partial charge in [-0.3, -0.25) is 4.79 Å². The maximum Gasteiger partial charge on any atom is 0.325 e. The number of carboxylic acid groups (broad SMARTS) is 1. The number of aryl methyl sites for hydroxylation is 1. The van der Waals surface area contributed by atoms with Gasteiger partial charge >= 0.3 is 5.97 Å². The van der Waals surface area contributed by atoms with Crippen LogP contribution in [0.25, 0.3) is 21.9 Å². The molecule has 8 heteroatoms. The van der Waals surface area contributed by atoms with Gasteiger partial charge < -0.3 is 15.3 Å². The van der Waals surface area contributed by atoms with Gasteiger partial charge in [0.2, 0.25) is 0 Å². The second-order valence-corrected chi connectivity index (χ2v) is 6.42. The van der Waals surface area contributed by atoms with Gasteiger partial charge in [0, 0.05) is 11.9 Å². The molecule has 0 saturated carbocycles. The molecule has 7 nitrogen and oxygen atoms in total. The van der Waals surface area contributed by atoms with Crippen LogP contribution in [0.4, 0.5) is 5.69 Å². The average Bonchev–Trinajstić information content (AvgIpc) is 2.85. The lowest BCUT2D eigenvalue weighted by Crippen LogP contribution is -2.16. The van der Waals surface area contributed by atoms with Gasteiger partial charge in [0.1, 0.15) is 6.54 Å². The molecule has 0 amide bonds. The third-order valence-corrected chi connectivity index (χ3v) is 4.12. The summed E-state index contributed by atoms with van der Waals surface area (Å²) in [5.41, 5.74) is 3.20. The molecule has 3 aromatic rings. The van der Waals surface area contributed by atoms with Crippen LogP contribution in [0, 0.1) is 6.92 Å². The summed E-state index contributed by atoms with van der Waals surface area (Å²) < 4.78 is 1.46. The topological polar surface area (TPSA) is 83.3 Å². The summed E-state index contributed by atoms with van der Waals surface area (Å²) in [6.45, 7) is 3.51. The molecule has 0 bridgehead atoms. The normalized spacial score (nSPS) is 11.1. The van der Waals surface area contributed by atoms with E-state index in [9.17, 15) is 4.79 Å². The number of rotatable bonds is 7. The molecule has 26 heavy (non-hydrogen) atoms. The maximum absolute atomic E-state index is 11.1. The second kappa shape index (κ2) is 8.33. The van der Waals surface area contributed by atoms with E-state index in [4.69, 9.17) is 5.11 Å². The molecule has 0 aliphatic heterocycles. The van der Waals surface area contributed by atoms with Gasteiger partial charge in [-0.15, -0.1) is 12.4 Å². The monoisotopic (exact) mass is 377 g/mol. The minimum atomic E-state index is -0.931. The molecular weight excluding hydrogens is 354 g/mol. The van der Waals surface area contributed by atoms with Crippen LogP contribution < -0.4 is 5.32 Å². The highest BCUT2D eigenvalue weighted by atomic mass is 35.5. The van der Waals surface area contributed by atoms with Crippen molar-refractivity contribution in [1.29, 1.82) is 0 Å². The number of hydrogen-bond acceptors (Lipinski definition) is 5. The molecular formula is C18H24ClN5O2. The van der Waals surface area contributed by atoms with E-state index >= 15 is 0 Å². The molecule has 3 rings (SSSR count). The molecule has 0 radical (unpaired) electrons. The smallest absolute Gasteiger partial charge is 0.325 e. The number of carbonyl (C=O) groups is 1. The van der Waals surface area contributed by atoms with Gasteiger partial charge in [-0.1, -0.05) is 18.2 Å². The molecule has 0 aliphatic carbocycles. The van der Waals surface area contributed by atoms with Crippen molar-refractivity contribution < 1.29 is 9.90 Å². The van der Waals surface area contributed by atoms with Crippen molar-refractivity contribution in [3.05, 3.63) is 30.0 Å². The number of fused-ring (bicyclic) bond motifs is 2. The predicted octanol–water partition coefficient (Wildman–Crippen LogP) is 2.76. The molecule has 2 N–H and O–H groups in total. The van der Waals surface area contributed by atoms with Gasteiger partial charge in [0.05, 0.1) is 22.3 Å². The van der Waals surface area contributed by atoms with E-state index < -0.39 is 5.97 Å². The van der Waals surface area contributed by atoms with Crippen molar-refractivity contribution in [3.8, 4) is 0 Å². The number of aliphatic carboxylic acids is 1. The molecule has 0 unspecified atom stereocenters. The summed E-state index contributed by atoms with van der Waals surface area (Å²) in [6, 6.07) is 7.89. The van der Waals surface area contributed by atoms with Gasteiger partial charge in [-0.05, 0) is 40.1 Å². The Labute approximate surface area is 158 Å². The fraction of sp³-hybridized carbons (Fsp3) is 0.389. The van der Waals surface area contributed by atoms with Gasteiger partial charge in [0.15, 0.2) is 5.65 Å². The van der Waals surface area contributed by atoms with Crippen LogP contribution in [0.5, 0.6) is 0 Å². The van der Waals surface area contributed by atoms with Crippen molar-refractivity contribution in [1.82, 2.24) is 19.7 Å². The van der Waals surface area contributed by atoms with Crippen LogP contribution in [-0.2, 0) is 11.3 Å². The number of halogens is 1. The Kier molecular flexibility index (Phi) is 6.39. The van der Waals surface area contributed by atoms with E-state index in [-0.39, 0.29) is 19.0 Å². The zero-order valence-electron chi connectivity index (χ0n) is 15.2. The first kappa shape index (κ1) is 19.9. The summed E-state index contributed by atoms with van der Waals surface area (Å²) in [6.07, 6.45) is 1.01. The van der Waals surface area contributed by atoms with E-state index in [2.05, 4.69) is 34.4 Å². The van der Waals surface area contributed by atoms with Gasteiger partial charge in [-0.2, -0.15) is 5.10 Å². The van der Waals surface area contributed by atoms with E-state index in [0.717, 1.165) is 47.2 Å². The first-order valence-electron chi connectivity index (χ1n) is 8.33. The number of pyridine rings is 1. The number of carboxylic acids is 1. The quantitative estimate of drug-likeness (QED) is 0.616. The fourth-order valence-corrected chi connectivity index (χ4v) is 3.04. The lowest BCUT2D eigenvalue weighted by molar-refractivity contribution is -0.137. The highest BCUT2D eigenvalue weighted by molar-refractivity contribution is 6.07. The minimum absolute atomic E-state index is 0. The first-order valence-corrected chi connectivity index (χ1v) is 8.33. The Hall–Kier alpha value is -2.38. The summed E-state index contributed by atoms with van der Waals surface area (Å²) in [7, 11) is 4.11. The lowest BCUT2D eigenvalue weighted by atomic mass is 10.1. The number of anilines is 1. The van der Waals surface area contributed by atoms with Crippen LogP contribution in [-0.4, -0.2) is 57.9 Å². The van der Waals surface area contributed by atoms with Gasteiger partial charge in [0.25, 0.3) is 0 Å². The minimum Gasteiger partial charge on any atom is -0.480 e. The van der Waals surface area contributed by atoms with E-state index in [1.807, 2.05) is 31.2 Å². The zero-order valence-corrected chi connectivity index (χ0v) is 16.0. The zero-order chi connectivity index (χ0) is 18.0. The molecule has 0 atom stereocenters. The molecule has 0 saturated heterocycles. The van der Waals surface area contributed by atoms with Gasteiger partial charge in [-0.25, -0.2) is 9.67 Å². The largest absolute Gasteiger partial charge is 0.480 e.